The van der Waals surface area contributed by atoms with Crippen molar-refractivity contribution in [2.24, 2.45) is 5.92 Å². The van der Waals surface area contributed by atoms with E-state index in [9.17, 15) is 4.79 Å². The van der Waals surface area contributed by atoms with Gasteiger partial charge in [0.05, 0.1) is 19.1 Å². The van der Waals surface area contributed by atoms with E-state index >= 15 is 0 Å². The van der Waals surface area contributed by atoms with Crippen LogP contribution in [0.4, 0.5) is 0 Å². The van der Waals surface area contributed by atoms with Gasteiger partial charge < -0.3 is 19.9 Å². The van der Waals surface area contributed by atoms with Gasteiger partial charge in [-0.2, -0.15) is 0 Å². The molecule has 2 fully saturated rings. The highest BCUT2D eigenvalue weighted by Crippen LogP contribution is 2.29. The summed E-state index contributed by atoms with van der Waals surface area (Å²) < 4.78 is 11.2. The van der Waals surface area contributed by atoms with Gasteiger partial charge in [-0.3, -0.25) is 4.79 Å². The number of carboxylic acid groups (broad SMARTS) is 1. The molecular weight excluding hydrogens is 258 g/mol. The topological polar surface area (TPSA) is 67.8 Å². The number of hydrogen-bond donors (Lipinski definition) is 2. The second-order valence-corrected chi connectivity index (χ2v) is 5.41. The van der Waals surface area contributed by atoms with Gasteiger partial charge in [-0.25, -0.2) is 0 Å². The van der Waals surface area contributed by atoms with Crippen molar-refractivity contribution in [1.29, 1.82) is 0 Å². The molecule has 108 valence electrons. The van der Waals surface area contributed by atoms with Crippen LogP contribution in [-0.2, 0) is 9.53 Å². The third kappa shape index (κ3) is 2.94. The maximum absolute atomic E-state index is 11.0. The minimum Gasteiger partial charge on any atom is -0.488 e. The van der Waals surface area contributed by atoms with Crippen LogP contribution in [0.1, 0.15) is 24.4 Å². The van der Waals surface area contributed by atoms with E-state index < -0.39 is 5.97 Å². The molecule has 0 bridgehead atoms. The normalized spacial score (nSPS) is 29.5. The SMILES string of the molecule is O=C(O)C1CNC(c2cccc(OC3CCOC3)c2)C1. The summed E-state index contributed by atoms with van der Waals surface area (Å²) in [5.41, 5.74) is 1.09. The lowest BCUT2D eigenvalue weighted by molar-refractivity contribution is -0.141. The van der Waals surface area contributed by atoms with Crippen molar-refractivity contribution in [1.82, 2.24) is 5.32 Å². The second kappa shape index (κ2) is 5.81. The number of carbonyl (C=O) groups is 1. The van der Waals surface area contributed by atoms with E-state index in [1.165, 1.54) is 0 Å². The summed E-state index contributed by atoms with van der Waals surface area (Å²) in [6, 6.07) is 8.00. The molecule has 1 aromatic rings. The van der Waals surface area contributed by atoms with Crippen LogP contribution in [0.2, 0.25) is 0 Å². The van der Waals surface area contributed by atoms with Crippen LogP contribution in [0.5, 0.6) is 5.75 Å². The van der Waals surface area contributed by atoms with Gasteiger partial charge in [0, 0.05) is 19.0 Å². The summed E-state index contributed by atoms with van der Waals surface area (Å²) in [5, 5.41) is 12.3. The lowest BCUT2D eigenvalue weighted by Gasteiger charge is -2.15. The van der Waals surface area contributed by atoms with Crippen molar-refractivity contribution in [2.75, 3.05) is 19.8 Å². The van der Waals surface area contributed by atoms with Crippen molar-refractivity contribution in [3.05, 3.63) is 29.8 Å². The Morgan fingerprint density at radius 3 is 3.05 bits per heavy atom. The monoisotopic (exact) mass is 277 g/mol. The largest absolute Gasteiger partial charge is 0.488 e. The zero-order chi connectivity index (χ0) is 13.9. The van der Waals surface area contributed by atoms with E-state index in [-0.39, 0.29) is 18.1 Å². The molecule has 2 N–H and O–H groups in total. The van der Waals surface area contributed by atoms with Crippen LogP contribution in [-0.4, -0.2) is 36.9 Å². The Hall–Kier alpha value is -1.59. The Labute approximate surface area is 117 Å². The van der Waals surface area contributed by atoms with Crippen molar-refractivity contribution in [3.8, 4) is 5.75 Å². The second-order valence-electron chi connectivity index (χ2n) is 5.41. The lowest BCUT2D eigenvalue weighted by Crippen LogP contribution is -2.18. The van der Waals surface area contributed by atoms with E-state index in [0.29, 0.717) is 19.6 Å². The van der Waals surface area contributed by atoms with Crippen LogP contribution in [0.3, 0.4) is 0 Å². The third-order valence-corrected chi connectivity index (χ3v) is 3.93. The molecule has 0 amide bonds. The Morgan fingerprint density at radius 1 is 1.45 bits per heavy atom. The quantitative estimate of drug-likeness (QED) is 0.874. The Bertz CT molecular complexity index is 485. The van der Waals surface area contributed by atoms with Gasteiger partial charge in [0.1, 0.15) is 11.9 Å². The average molecular weight is 277 g/mol. The summed E-state index contributed by atoms with van der Waals surface area (Å²) in [5.74, 6) is -0.193. The van der Waals surface area contributed by atoms with Gasteiger partial charge in [-0.1, -0.05) is 12.1 Å². The molecular formula is C15H19NO4. The maximum Gasteiger partial charge on any atom is 0.307 e. The van der Waals surface area contributed by atoms with Crippen molar-refractivity contribution in [3.63, 3.8) is 0 Å². The van der Waals surface area contributed by atoms with E-state index in [2.05, 4.69) is 5.32 Å². The van der Waals surface area contributed by atoms with E-state index in [4.69, 9.17) is 14.6 Å². The molecule has 20 heavy (non-hydrogen) atoms. The molecule has 0 radical (unpaired) electrons. The van der Waals surface area contributed by atoms with Crippen LogP contribution >= 0.6 is 0 Å². The van der Waals surface area contributed by atoms with Crippen LogP contribution < -0.4 is 10.1 Å². The maximum atomic E-state index is 11.0. The number of ether oxygens (including phenoxy) is 2. The zero-order valence-electron chi connectivity index (χ0n) is 11.2. The third-order valence-electron chi connectivity index (χ3n) is 3.93. The number of aliphatic carboxylic acids is 1. The van der Waals surface area contributed by atoms with E-state index in [1.807, 2.05) is 24.3 Å². The van der Waals surface area contributed by atoms with Gasteiger partial charge >= 0.3 is 5.97 Å². The minimum absolute atomic E-state index is 0.0967. The molecule has 5 nitrogen and oxygen atoms in total. The first-order chi connectivity index (χ1) is 9.72. The predicted molar refractivity (Wildman–Crippen MR) is 72.8 cm³/mol. The minimum atomic E-state index is -0.726. The molecule has 0 spiro atoms. The standard InChI is InChI=1S/C15H19NO4/c17-15(18)11-7-14(16-8-11)10-2-1-3-12(6-10)20-13-4-5-19-9-13/h1-3,6,11,13-14,16H,4-5,7-9H2,(H,17,18). The zero-order valence-corrected chi connectivity index (χ0v) is 11.2. The molecule has 3 rings (SSSR count). The molecule has 2 aliphatic heterocycles. The molecule has 3 unspecified atom stereocenters. The molecule has 2 aliphatic rings. The number of nitrogens with one attached hydrogen (secondary N) is 1. The molecule has 0 saturated carbocycles. The van der Waals surface area contributed by atoms with Crippen LogP contribution in [0.25, 0.3) is 0 Å². The summed E-state index contributed by atoms with van der Waals surface area (Å²) in [7, 11) is 0. The van der Waals surface area contributed by atoms with Gasteiger partial charge in [0.15, 0.2) is 0 Å². The summed E-state index contributed by atoms with van der Waals surface area (Å²) in [6.45, 7) is 1.93. The first-order valence-electron chi connectivity index (χ1n) is 7.03. The smallest absolute Gasteiger partial charge is 0.307 e. The van der Waals surface area contributed by atoms with Crippen molar-refractivity contribution >= 4 is 5.97 Å². The fourth-order valence-corrected chi connectivity index (χ4v) is 2.78. The number of hydrogen-bond acceptors (Lipinski definition) is 4. The Balaban J connectivity index is 1.66. The van der Waals surface area contributed by atoms with Gasteiger partial charge in [0.2, 0.25) is 0 Å². The number of benzene rings is 1. The molecule has 1 aromatic carbocycles. The molecule has 0 aromatic heterocycles. The van der Waals surface area contributed by atoms with Gasteiger partial charge in [-0.15, -0.1) is 0 Å². The summed E-state index contributed by atoms with van der Waals surface area (Å²) in [6.07, 6.45) is 1.69. The predicted octanol–water partition coefficient (Wildman–Crippen LogP) is 1.59. The van der Waals surface area contributed by atoms with E-state index in [1.54, 1.807) is 0 Å². The summed E-state index contributed by atoms with van der Waals surface area (Å²) >= 11 is 0. The molecule has 0 aliphatic carbocycles. The molecule has 5 heteroatoms. The fourth-order valence-electron chi connectivity index (χ4n) is 2.78. The molecule has 2 heterocycles. The number of carboxylic acids is 1. The Kier molecular flexibility index (Phi) is 3.89. The first-order valence-corrected chi connectivity index (χ1v) is 7.03. The van der Waals surface area contributed by atoms with Crippen molar-refractivity contribution < 1.29 is 19.4 Å². The highest BCUT2D eigenvalue weighted by atomic mass is 16.5. The van der Waals surface area contributed by atoms with Crippen LogP contribution in [0.15, 0.2) is 24.3 Å². The average Bonchev–Trinajstić information content (AvgIpc) is 3.09. The highest BCUT2D eigenvalue weighted by Gasteiger charge is 2.30. The van der Waals surface area contributed by atoms with E-state index in [0.717, 1.165) is 24.3 Å². The fraction of sp³-hybridized carbons (Fsp3) is 0.533. The van der Waals surface area contributed by atoms with Gasteiger partial charge in [-0.05, 0) is 24.1 Å². The number of rotatable bonds is 4. The van der Waals surface area contributed by atoms with Crippen molar-refractivity contribution in [2.45, 2.75) is 25.0 Å². The van der Waals surface area contributed by atoms with Crippen LogP contribution in [0, 0.1) is 5.92 Å². The molecule has 2 saturated heterocycles. The first kappa shape index (κ1) is 13.4. The summed E-state index contributed by atoms with van der Waals surface area (Å²) in [4.78, 5) is 11.0. The lowest BCUT2D eigenvalue weighted by atomic mass is 10.00. The highest BCUT2D eigenvalue weighted by molar-refractivity contribution is 5.70. The Morgan fingerprint density at radius 2 is 2.35 bits per heavy atom. The molecule has 3 atom stereocenters. The van der Waals surface area contributed by atoms with Gasteiger partial charge in [0.25, 0.3) is 0 Å².